The molecule has 0 bridgehead atoms. The second-order valence-electron chi connectivity index (χ2n) is 7.22. The Balaban J connectivity index is 1.28. The van der Waals surface area contributed by atoms with Crippen LogP contribution >= 0.6 is 11.8 Å². The number of aromatic nitrogens is 1. The van der Waals surface area contributed by atoms with Gasteiger partial charge in [-0.25, -0.2) is 4.79 Å². The molecule has 30 heavy (non-hydrogen) atoms. The molecule has 1 N–H and O–H groups in total. The summed E-state index contributed by atoms with van der Waals surface area (Å²) in [5.41, 5.74) is 3.31. The van der Waals surface area contributed by atoms with Crippen LogP contribution in [0.2, 0.25) is 0 Å². The molecule has 0 unspecified atom stereocenters. The zero-order valence-corrected chi connectivity index (χ0v) is 17.5. The number of fused-ring (bicyclic) bond motifs is 2. The minimum Gasteiger partial charge on any atom is -0.452 e. The quantitative estimate of drug-likeness (QED) is 0.336. The summed E-state index contributed by atoms with van der Waals surface area (Å²) in [5.74, 6) is 0.198. The summed E-state index contributed by atoms with van der Waals surface area (Å²) in [6.07, 6.45) is 3.53. The standard InChI is InChI=1S/C24H24N2O3S/c27-22(25-14-7-15-30-17-8-2-1-3-9-17)16-29-24(28)23-18-10-4-5-12-20(18)26-21-13-6-11-19(21)23/h1-5,8-10,12H,6-7,11,13-16H2,(H,25,27). The van der Waals surface area contributed by atoms with Crippen molar-refractivity contribution in [3.8, 4) is 0 Å². The first-order chi connectivity index (χ1) is 14.7. The van der Waals surface area contributed by atoms with E-state index in [2.05, 4.69) is 22.4 Å². The maximum absolute atomic E-state index is 12.8. The molecule has 3 aromatic rings. The van der Waals surface area contributed by atoms with Crippen LogP contribution in [0.15, 0.2) is 59.5 Å². The summed E-state index contributed by atoms with van der Waals surface area (Å²) in [4.78, 5) is 30.8. The number of carbonyl (C=O) groups is 2. The van der Waals surface area contributed by atoms with Gasteiger partial charge in [0.15, 0.2) is 6.61 Å². The van der Waals surface area contributed by atoms with Crippen LogP contribution in [0.25, 0.3) is 10.9 Å². The smallest absolute Gasteiger partial charge is 0.339 e. The monoisotopic (exact) mass is 420 g/mol. The molecule has 2 aromatic carbocycles. The molecule has 0 radical (unpaired) electrons. The number of hydrogen-bond acceptors (Lipinski definition) is 5. The highest BCUT2D eigenvalue weighted by Crippen LogP contribution is 2.30. The third-order valence-corrected chi connectivity index (χ3v) is 6.21. The van der Waals surface area contributed by atoms with Crippen molar-refractivity contribution >= 4 is 34.5 Å². The summed E-state index contributed by atoms with van der Waals surface area (Å²) >= 11 is 1.76. The lowest BCUT2D eigenvalue weighted by Gasteiger charge is -2.12. The maximum atomic E-state index is 12.8. The Hall–Kier alpha value is -2.86. The van der Waals surface area contributed by atoms with Crippen molar-refractivity contribution in [2.24, 2.45) is 0 Å². The lowest BCUT2D eigenvalue weighted by atomic mass is 10.0. The Morgan fingerprint density at radius 3 is 2.70 bits per heavy atom. The zero-order chi connectivity index (χ0) is 20.8. The van der Waals surface area contributed by atoms with Crippen LogP contribution in [0.5, 0.6) is 0 Å². The number of thioether (sulfide) groups is 1. The fourth-order valence-electron chi connectivity index (χ4n) is 3.71. The molecule has 0 aliphatic heterocycles. The molecule has 0 saturated carbocycles. The van der Waals surface area contributed by atoms with Crippen LogP contribution in [0.4, 0.5) is 0 Å². The molecule has 5 nitrogen and oxygen atoms in total. The molecule has 0 spiro atoms. The van der Waals surface area contributed by atoms with Crippen LogP contribution in [-0.4, -0.2) is 35.8 Å². The number of nitrogens with zero attached hydrogens (tertiary/aromatic N) is 1. The molecule has 0 fully saturated rings. The van der Waals surface area contributed by atoms with E-state index in [1.165, 1.54) is 4.90 Å². The summed E-state index contributed by atoms with van der Waals surface area (Å²) in [7, 11) is 0. The number of hydrogen-bond donors (Lipinski definition) is 1. The number of aryl methyl sites for hydroxylation is 1. The normalized spacial score (nSPS) is 12.5. The number of ether oxygens (including phenoxy) is 1. The highest BCUT2D eigenvalue weighted by atomic mass is 32.2. The number of carbonyl (C=O) groups excluding carboxylic acids is 2. The molecular weight excluding hydrogens is 396 g/mol. The van der Waals surface area contributed by atoms with E-state index in [0.29, 0.717) is 12.1 Å². The van der Waals surface area contributed by atoms with E-state index in [1.54, 1.807) is 11.8 Å². The van der Waals surface area contributed by atoms with Crippen LogP contribution in [0.1, 0.15) is 34.5 Å². The minimum atomic E-state index is -0.443. The lowest BCUT2D eigenvalue weighted by Crippen LogP contribution is -2.30. The van der Waals surface area contributed by atoms with Gasteiger partial charge >= 0.3 is 5.97 Å². The first-order valence-electron chi connectivity index (χ1n) is 10.2. The van der Waals surface area contributed by atoms with Gasteiger partial charge in [-0.05, 0) is 55.2 Å². The Labute approximate surface area is 180 Å². The van der Waals surface area contributed by atoms with Crippen molar-refractivity contribution in [1.29, 1.82) is 0 Å². The molecule has 1 aliphatic carbocycles. The number of esters is 1. The second kappa shape index (κ2) is 9.76. The fourth-order valence-corrected chi connectivity index (χ4v) is 4.58. The number of pyridine rings is 1. The van der Waals surface area contributed by atoms with E-state index in [0.717, 1.165) is 53.6 Å². The van der Waals surface area contributed by atoms with Gasteiger partial charge in [0.1, 0.15) is 0 Å². The van der Waals surface area contributed by atoms with E-state index in [9.17, 15) is 9.59 Å². The van der Waals surface area contributed by atoms with Gasteiger partial charge in [-0.15, -0.1) is 11.8 Å². The molecule has 154 valence electrons. The number of para-hydroxylation sites is 1. The highest BCUT2D eigenvalue weighted by molar-refractivity contribution is 7.99. The number of benzene rings is 2. The van der Waals surface area contributed by atoms with E-state index >= 15 is 0 Å². The molecule has 0 atom stereocenters. The highest BCUT2D eigenvalue weighted by Gasteiger charge is 2.25. The van der Waals surface area contributed by atoms with Gasteiger partial charge in [-0.1, -0.05) is 36.4 Å². The molecule has 1 aromatic heterocycles. The second-order valence-corrected chi connectivity index (χ2v) is 8.39. The summed E-state index contributed by atoms with van der Waals surface area (Å²) in [5, 5.41) is 3.62. The van der Waals surface area contributed by atoms with Gasteiger partial charge in [-0.2, -0.15) is 0 Å². The third kappa shape index (κ3) is 4.82. The Morgan fingerprint density at radius 1 is 1.03 bits per heavy atom. The third-order valence-electron chi connectivity index (χ3n) is 5.11. The van der Waals surface area contributed by atoms with E-state index in [4.69, 9.17) is 4.74 Å². The van der Waals surface area contributed by atoms with Crippen molar-refractivity contribution in [1.82, 2.24) is 10.3 Å². The molecule has 6 heteroatoms. The summed E-state index contributed by atoms with van der Waals surface area (Å²) in [6, 6.07) is 17.8. The SMILES string of the molecule is O=C(COC(=O)c1c2c(nc3ccccc13)CCC2)NCCCSc1ccccc1. The predicted molar refractivity (Wildman–Crippen MR) is 119 cm³/mol. The van der Waals surface area contributed by atoms with Crippen molar-refractivity contribution in [3.63, 3.8) is 0 Å². The van der Waals surface area contributed by atoms with Gasteiger partial charge in [0.25, 0.3) is 5.91 Å². The Kier molecular flexibility index (Phi) is 6.64. The first kappa shape index (κ1) is 20.4. The molecular formula is C24H24N2O3S. The fraction of sp³-hybridized carbons (Fsp3) is 0.292. The topological polar surface area (TPSA) is 68.3 Å². The van der Waals surface area contributed by atoms with Crippen LogP contribution < -0.4 is 5.32 Å². The maximum Gasteiger partial charge on any atom is 0.339 e. The summed E-state index contributed by atoms with van der Waals surface area (Å²) in [6.45, 7) is 0.292. The number of amides is 1. The van der Waals surface area contributed by atoms with Gasteiger partial charge in [-0.3, -0.25) is 9.78 Å². The average Bonchev–Trinajstić information content (AvgIpc) is 3.24. The van der Waals surface area contributed by atoms with Gasteiger partial charge < -0.3 is 10.1 Å². The van der Waals surface area contributed by atoms with E-state index in [1.807, 2.05) is 42.5 Å². The zero-order valence-electron chi connectivity index (χ0n) is 16.7. The van der Waals surface area contributed by atoms with E-state index < -0.39 is 5.97 Å². The summed E-state index contributed by atoms with van der Waals surface area (Å²) < 4.78 is 5.37. The van der Waals surface area contributed by atoms with Gasteiger partial charge in [0, 0.05) is 22.5 Å². The molecule has 0 saturated heterocycles. The average molecular weight is 421 g/mol. The number of nitrogens with one attached hydrogen (secondary N) is 1. The molecule has 1 amide bonds. The Bertz CT molecular complexity index is 1050. The van der Waals surface area contributed by atoms with Crippen LogP contribution in [0, 0.1) is 0 Å². The molecule has 4 rings (SSSR count). The lowest BCUT2D eigenvalue weighted by molar-refractivity contribution is -0.124. The van der Waals surface area contributed by atoms with E-state index in [-0.39, 0.29) is 12.5 Å². The number of rotatable bonds is 8. The molecule has 1 heterocycles. The van der Waals surface area contributed by atoms with Gasteiger partial charge in [0.2, 0.25) is 0 Å². The van der Waals surface area contributed by atoms with Gasteiger partial charge in [0.05, 0.1) is 11.1 Å². The van der Waals surface area contributed by atoms with Crippen molar-refractivity contribution < 1.29 is 14.3 Å². The van der Waals surface area contributed by atoms with Crippen molar-refractivity contribution in [3.05, 3.63) is 71.4 Å². The minimum absolute atomic E-state index is 0.268. The Morgan fingerprint density at radius 2 is 1.83 bits per heavy atom. The largest absolute Gasteiger partial charge is 0.452 e. The molecule has 1 aliphatic rings. The van der Waals surface area contributed by atoms with Crippen LogP contribution in [-0.2, 0) is 22.4 Å². The predicted octanol–water partition coefficient (Wildman–Crippen LogP) is 4.18. The van der Waals surface area contributed by atoms with Crippen molar-refractivity contribution in [2.45, 2.75) is 30.6 Å². The first-order valence-corrected chi connectivity index (χ1v) is 11.2. The van der Waals surface area contributed by atoms with Crippen LogP contribution in [0.3, 0.4) is 0 Å². The van der Waals surface area contributed by atoms with Crippen molar-refractivity contribution in [2.75, 3.05) is 18.9 Å².